The van der Waals surface area contributed by atoms with E-state index in [2.05, 4.69) is 10.1 Å². The van der Waals surface area contributed by atoms with Crippen molar-refractivity contribution in [1.29, 1.82) is 5.26 Å². The molecule has 1 amide bonds. The number of para-hydroxylation sites is 1. The van der Waals surface area contributed by atoms with E-state index in [1.54, 1.807) is 22.3 Å². The van der Waals surface area contributed by atoms with Crippen molar-refractivity contribution in [3.05, 3.63) is 53.8 Å². The number of hydrogen-bond donors (Lipinski definition) is 0. The molecule has 2 heterocycles. The maximum Gasteiger partial charge on any atom is 0.273 e. The second kappa shape index (κ2) is 9.10. The maximum atomic E-state index is 12.8. The van der Waals surface area contributed by atoms with Crippen LogP contribution in [-0.2, 0) is 4.79 Å². The van der Waals surface area contributed by atoms with Crippen LogP contribution in [0.4, 0.5) is 0 Å². The number of nitrogens with zero attached hydrogens (tertiary/aromatic N) is 5. The molecule has 0 radical (unpaired) electrons. The van der Waals surface area contributed by atoms with Crippen molar-refractivity contribution >= 4 is 30.9 Å². The molecule has 0 aliphatic carbocycles. The molecule has 0 saturated heterocycles. The monoisotopic (exact) mass is 391 g/mol. The van der Waals surface area contributed by atoms with Crippen LogP contribution in [0.5, 0.6) is 0 Å². The lowest BCUT2D eigenvalue weighted by atomic mass is 10.0. The highest BCUT2D eigenvalue weighted by molar-refractivity contribution is 7.13. The van der Waals surface area contributed by atoms with Crippen molar-refractivity contribution < 1.29 is 9.59 Å². The van der Waals surface area contributed by atoms with Gasteiger partial charge in [-0.2, -0.15) is 10.4 Å². The molecule has 7 nitrogen and oxygen atoms in total. The van der Waals surface area contributed by atoms with Crippen LogP contribution in [0, 0.1) is 11.3 Å². The zero-order valence-electron chi connectivity index (χ0n) is 15.4. The van der Waals surface area contributed by atoms with E-state index in [0.29, 0.717) is 11.6 Å². The van der Waals surface area contributed by atoms with Crippen molar-refractivity contribution in [1.82, 2.24) is 19.7 Å². The van der Waals surface area contributed by atoms with Gasteiger partial charge in [-0.05, 0) is 18.6 Å². The van der Waals surface area contributed by atoms with Gasteiger partial charge >= 0.3 is 0 Å². The Hall–Kier alpha value is -3.25. The highest BCUT2D eigenvalue weighted by Gasteiger charge is 2.21. The Kier molecular flexibility index (Phi) is 6.35. The molecule has 140 valence electrons. The van der Waals surface area contributed by atoms with Gasteiger partial charge in [-0.3, -0.25) is 9.59 Å². The van der Waals surface area contributed by atoms with E-state index in [1.807, 2.05) is 44.4 Å². The summed E-state index contributed by atoms with van der Waals surface area (Å²) in [6, 6.07) is 11.3. The highest BCUT2D eigenvalue weighted by atomic mass is 32.1. The third-order valence-electron chi connectivity index (χ3n) is 4.10. The minimum absolute atomic E-state index is 0.214. The van der Waals surface area contributed by atoms with Crippen molar-refractivity contribution in [2.24, 2.45) is 0 Å². The lowest BCUT2D eigenvalue weighted by Gasteiger charge is -2.19. The summed E-state index contributed by atoms with van der Waals surface area (Å²) in [4.78, 5) is 30.1. The predicted octanol–water partition coefficient (Wildman–Crippen LogP) is 1.97. The summed E-state index contributed by atoms with van der Waals surface area (Å²) in [7, 11) is 2.00. The molecule has 0 saturated carbocycles. The van der Waals surface area contributed by atoms with Crippen LogP contribution in [0.25, 0.3) is 16.3 Å². The molecule has 1 aromatic carbocycles. The summed E-state index contributed by atoms with van der Waals surface area (Å²) in [6.45, 7) is 0.204. The van der Waals surface area contributed by atoms with E-state index < -0.39 is 5.78 Å². The summed E-state index contributed by atoms with van der Waals surface area (Å²) < 4.78 is 1.75. The SMILES string of the molecule is BCCCN(CC(=O)C#N)C(=O)c1csc(-c2cnn(-c3ccccc3)c2)n1. The largest absolute Gasteiger partial charge is 0.329 e. The molecule has 0 N–H and O–H groups in total. The van der Waals surface area contributed by atoms with Crippen molar-refractivity contribution in [2.75, 3.05) is 13.1 Å². The summed E-state index contributed by atoms with van der Waals surface area (Å²) in [6.07, 6.45) is 5.20. The lowest BCUT2D eigenvalue weighted by molar-refractivity contribution is -0.114. The van der Waals surface area contributed by atoms with E-state index in [4.69, 9.17) is 5.26 Å². The Balaban J connectivity index is 1.79. The number of Topliss-reactive ketones (excluding diaryl/α,β-unsaturated/α-hetero) is 1. The Labute approximate surface area is 167 Å². The standard InChI is InChI=1S/C19H18BN5O2S/c20-7-4-8-24(12-16(26)9-21)19(27)17-13-28-18(23-17)14-10-22-25(11-14)15-5-2-1-3-6-15/h1-3,5-6,10-11,13H,4,7-8,12,20H2. The van der Waals surface area contributed by atoms with Crippen LogP contribution in [0.3, 0.4) is 0 Å². The first-order chi connectivity index (χ1) is 13.6. The number of rotatable bonds is 8. The van der Waals surface area contributed by atoms with Gasteiger partial charge in [0.1, 0.15) is 24.6 Å². The van der Waals surface area contributed by atoms with Gasteiger partial charge in [-0.15, -0.1) is 11.3 Å². The van der Waals surface area contributed by atoms with Gasteiger partial charge in [0.25, 0.3) is 11.7 Å². The number of aromatic nitrogens is 3. The molecule has 0 spiro atoms. The van der Waals surface area contributed by atoms with Crippen molar-refractivity contribution in [3.63, 3.8) is 0 Å². The van der Waals surface area contributed by atoms with Gasteiger partial charge in [-0.25, -0.2) is 9.67 Å². The lowest BCUT2D eigenvalue weighted by Crippen LogP contribution is -2.36. The average Bonchev–Trinajstić information content (AvgIpc) is 3.40. The van der Waals surface area contributed by atoms with Crippen LogP contribution in [0.2, 0.25) is 6.32 Å². The molecule has 3 aromatic rings. The smallest absolute Gasteiger partial charge is 0.273 e. The molecule has 0 fully saturated rings. The quantitative estimate of drug-likeness (QED) is 0.433. The first kappa shape index (κ1) is 19.5. The molecular formula is C19H18BN5O2S. The fraction of sp³-hybridized carbons (Fsp3) is 0.211. The maximum absolute atomic E-state index is 12.8. The van der Waals surface area contributed by atoms with Crippen LogP contribution < -0.4 is 0 Å². The topological polar surface area (TPSA) is 91.9 Å². The van der Waals surface area contributed by atoms with Crippen LogP contribution in [0.15, 0.2) is 48.1 Å². The highest BCUT2D eigenvalue weighted by Crippen LogP contribution is 2.25. The average molecular weight is 391 g/mol. The van der Waals surface area contributed by atoms with Gasteiger partial charge in [-0.1, -0.05) is 24.5 Å². The zero-order chi connectivity index (χ0) is 19.9. The molecule has 2 aromatic heterocycles. The third kappa shape index (κ3) is 4.53. The molecule has 0 unspecified atom stereocenters. The number of benzene rings is 1. The number of hydrogen-bond acceptors (Lipinski definition) is 6. The molecule has 3 rings (SSSR count). The van der Waals surface area contributed by atoms with Crippen LogP contribution >= 0.6 is 11.3 Å². The summed E-state index contributed by atoms with van der Waals surface area (Å²) in [5.74, 6) is -0.973. The van der Waals surface area contributed by atoms with Crippen molar-refractivity contribution in [2.45, 2.75) is 12.7 Å². The molecule has 0 bridgehead atoms. The zero-order valence-corrected chi connectivity index (χ0v) is 16.2. The van der Waals surface area contributed by atoms with Gasteiger partial charge in [0, 0.05) is 23.7 Å². The fourth-order valence-corrected chi connectivity index (χ4v) is 3.40. The third-order valence-corrected chi connectivity index (χ3v) is 4.99. The Morgan fingerprint density at radius 2 is 2.07 bits per heavy atom. The summed E-state index contributed by atoms with van der Waals surface area (Å²) in [5.41, 5.74) is 2.01. The number of carbonyl (C=O) groups excluding carboxylic acids is 2. The molecular weight excluding hydrogens is 373 g/mol. The number of ketones is 1. The molecule has 28 heavy (non-hydrogen) atoms. The molecule has 0 aliphatic rings. The van der Waals surface area contributed by atoms with Gasteiger partial charge in [0.2, 0.25) is 0 Å². The van der Waals surface area contributed by atoms with Gasteiger partial charge in [0.05, 0.1) is 18.4 Å². The predicted molar refractivity (Wildman–Crippen MR) is 109 cm³/mol. The first-order valence-corrected chi connectivity index (χ1v) is 9.78. The minimum atomic E-state index is -0.635. The first-order valence-electron chi connectivity index (χ1n) is 8.90. The van der Waals surface area contributed by atoms with Crippen molar-refractivity contribution in [3.8, 4) is 22.3 Å². The van der Waals surface area contributed by atoms with E-state index in [1.165, 1.54) is 16.2 Å². The number of nitriles is 1. The Bertz CT molecular complexity index is 1010. The van der Waals surface area contributed by atoms with E-state index in [-0.39, 0.29) is 18.1 Å². The van der Waals surface area contributed by atoms with Crippen LogP contribution in [-0.4, -0.2) is 52.3 Å². The van der Waals surface area contributed by atoms with E-state index in [0.717, 1.165) is 24.0 Å². The van der Waals surface area contributed by atoms with Gasteiger partial charge in [0.15, 0.2) is 0 Å². The minimum Gasteiger partial charge on any atom is -0.329 e. The van der Waals surface area contributed by atoms with Gasteiger partial charge < -0.3 is 4.90 Å². The summed E-state index contributed by atoms with van der Waals surface area (Å²) in [5, 5.41) is 15.4. The van der Waals surface area contributed by atoms with E-state index >= 15 is 0 Å². The molecule has 9 heteroatoms. The Morgan fingerprint density at radius 3 is 2.79 bits per heavy atom. The second-order valence-electron chi connectivity index (χ2n) is 6.16. The fourth-order valence-electron chi connectivity index (χ4n) is 2.63. The molecule has 0 aliphatic heterocycles. The number of amides is 1. The van der Waals surface area contributed by atoms with E-state index in [9.17, 15) is 9.59 Å². The second-order valence-corrected chi connectivity index (χ2v) is 7.02. The Morgan fingerprint density at radius 1 is 1.29 bits per heavy atom. The normalized spacial score (nSPS) is 10.4. The number of thiazole rings is 1. The molecule has 0 atom stereocenters. The van der Waals surface area contributed by atoms with Crippen LogP contribution in [0.1, 0.15) is 16.9 Å². The number of carbonyl (C=O) groups is 2. The summed E-state index contributed by atoms with van der Waals surface area (Å²) >= 11 is 1.34.